The monoisotopic (exact) mass is 972 g/mol. The van der Waals surface area contributed by atoms with E-state index in [0.29, 0.717) is 72.4 Å². The van der Waals surface area contributed by atoms with Crippen LogP contribution in [0.3, 0.4) is 0 Å². The first-order valence-corrected chi connectivity index (χ1v) is 19.8. The molecular weight excluding hydrogens is 916 g/mol. The number of aromatic nitrogens is 5. The van der Waals surface area contributed by atoms with Crippen LogP contribution in [0, 0.1) is 39.9 Å². The average molecular weight is 972 g/mol. The number of allylic oxidation sites excluding steroid dienone is 4. The van der Waals surface area contributed by atoms with E-state index in [-0.39, 0.29) is 79.6 Å². The van der Waals surface area contributed by atoms with Crippen LogP contribution in [0.4, 0.5) is 0 Å². The Morgan fingerprint density at radius 2 is 0.967 bits per heavy atom. The third-order valence-corrected chi connectivity index (χ3v) is 9.23. The number of aliphatic hydroxyl groups excluding tert-OH is 4. The number of carboxylic acids is 2. The van der Waals surface area contributed by atoms with Crippen LogP contribution in [0.1, 0.15) is 114 Å². The summed E-state index contributed by atoms with van der Waals surface area (Å²) in [7, 11) is 0. The normalized spacial score (nSPS) is 11.8. The average Bonchev–Trinajstić information content (AvgIpc) is 3.79. The molecule has 5 rings (SSSR count). The molecule has 2 aromatic heterocycles. The largest absolute Gasteiger partial charge is 3.00 e. The van der Waals surface area contributed by atoms with E-state index in [1.165, 1.54) is 11.1 Å². The molecule has 0 saturated carbocycles. The van der Waals surface area contributed by atoms with Gasteiger partial charge in [-0.3, -0.25) is 9.97 Å². The molecule has 2 aliphatic rings. The van der Waals surface area contributed by atoms with Gasteiger partial charge in [-0.25, -0.2) is 9.97 Å². The van der Waals surface area contributed by atoms with E-state index in [4.69, 9.17) is 54.2 Å². The fourth-order valence-electron chi connectivity index (χ4n) is 6.47. The van der Waals surface area contributed by atoms with Crippen LogP contribution >= 0.6 is 0 Å². The van der Waals surface area contributed by atoms with Crippen LogP contribution in [0.25, 0.3) is 44.4 Å². The minimum atomic E-state index is -1.08. The van der Waals surface area contributed by atoms with Crippen LogP contribution in [-0.2, 0) is 22.4 Å². The SMILES string of the molecule is CC(=O)[O-].CC(=O)[O-].CCc1c(CC)c2cc3nc(cnc4cc(OCCCO)c(OCCCO)cc4ncc4nc(cc1[n-]2)C(CCCO)=C4C)C(C)=C3CCCO.[Gd+3]. The number of ether oxygens (including phenoxy) is 2. The molecule has 1 radical (unpaired) electrons. The third-order valence-electron chi connectivity index (χ3n) is 9.23. The van der Waals surface area contributed by atoms with Crippen molar-refractivity contribution < 1.29 is 89.6 Å². The van der Waals surface area contributed by atoms with Crippen LogP contribution in [0.5, 0.6) is 11.5 Å². The van der Waals surface area contributed by atoms with Crippen LogP contribution in [0.15, 0.2) is 36.7 Å². The van der Waals surface area contributed by atoms with Crippen molar-refractivity contribution >= 4 is 56.3 Å². The van der Waals surface area contributed by atoms with Gasteiger partial charge in [0.15, 0.2) is 11.5 Å². The number of aryl methyl sites for hydroxylation is 2. The van der Waals surface area contributed by atoms with Crippen LogP contribution in [0.2, 0.25) is 0 Å². The Balaban J connectivity index is 0.00000126. The number of rotatable bonds is 16. The maximum Gasteiger partial charge on any atom is 3.00 e. The van der Waals surface area contributed by atoms with Gasteiger partial charge < -0.3 is 54.7 Å². The molecule has 0 spiro atoms. The minimum Gasteiger partial charge on any atom is -0.657 e. The van der Waals surface area contributed by atoms with Crippen molar-refractivity contribution in [1.82, 2.24) is 24.9 Å². The number of hydrogen-bond acceptors (Lipinski definition) is 14. The standard InChI is InChI=1S/C40H50N5O6.2C2H4O2.Gd/c1-5-27-28(6-2)32-20-34-30(12-8-14-47)26(4)38(45-34)24-42-36-22-40(51-18-10-16-49)39(50-17-9-15-48)21-35(36)41-23-37-25(3)29(11-7-13-46)33(44-37)19-31(27)43-32;2*1-2(3)4;/h19-24,46-49H,5-18H2,1-4H3;2*1H3,(H,3,4);/q-1;;;+3/p-2. The summed E-state index contributed by atoms with van der Waals surface area (Å²) in [4.78, 5) is 42.9. The molecule has 3 aromatic rings. The Hall–Kier alpha value is -4.16. The van der Waals surface area contributed by atoms with Crippen molar-refractivity contribution in [2.45, 2.75) is 92.9 Å². The van der Waals surface area contributed by atoms with E-state index in [2.05, 4.69) is 26.0 Å². The molecule has 0 aliphatic carbocycles. The Kier molecular flexibility index (Phi) is 23.3. The summed E-state index contributed by atoms with van der Waals surface area (Å²) in [6, 6.07) is 7.67. The van der Waals surface area contributed by atoms with E-state index in [1.54, 1.807) is 24.5 Å². The van der Waals surface area contributed by atoms with Gasteiger partial charge in [0.25, 0.3) is 0 Å². The van der Waals surface area contributed by atoms with Gasteiger partial charge in [-0.2, -0.15) is 0 Å². The maximum absolute atomic E-state index is 9.73. The van der Waals surface area contributed by atoms with Crippen molar-refractivity contribution in [2.24, 2.45) is 0 Å². The number of nitrogens with zero attached hydrogens (tertiary/aromatic N) is 5. The molecule has 6 bridgehead atoms. The number of carboxylic acid groups (broad SMARTS) is 2. The minimum absolute atomic E-state index is 0. The summed E-state index contributed by atoms with van der Waals surface area (Å²) in [6.07, 6.45) is 8.49. The van der Waals surface area contributed by atoms with Crippen molar-refractivity contribution in [3.05, 3.63) is 70.6 Å². The molecule has 0 atom stereocenters. The zero-order chi connectivity index (χ0) is 43.5. The topological polar surface area (TPSA) is 245 Å². The first-order chi connectivity index (χ1) is 28.3. The summed E-state index contributed by atoms with van der Waals surface area (Å²) in [5.41, 5.74) is 12.2. The quantitative estimate of drug-likeness (QED) is 0.150. The van der Waals surface area contributed by atoms with Crippen molar-refractivity contribution in [1.29, 1.82) is 0 Å². The molecule has 4 heterocycles. The predicted octanol–water partition coefficient (Wildman–Crippen LogP) is 3.53. The Morgan fingerprint density at radius 3 is 1.28 bits per heavy atom. The van der Waals surface area contributed by atoms with Gasteiger partial charge in [0, 0.05) is 63.3 Å². The van der Waals surface area contributed by atoms with Gasteiger partial charge in [-0.15, -0.1) is 11.0 Å². The van der Waals surface area contributed by atoms with Gasteiger partial charge in [0.05, 0.1) is 59.4 Å². The zero-order valence-electron chi connectivity index (χ0n) is 35.2. The molecule has 1 aromatic carbocycles. The molecule has 16 heteroatoms. The number of fused-ring (bicyclic) bond motifs is 7. The molecule has 0 fully saturated rings. The summed E-state index contributed by atoms with van der Waals surface area (Å²) < 4.78 is 12.1. The molecule has 0 amide bonds. The second-order valence-corrected chi connectivity index (χ2v) is 13.6. The Morgan fingerprint density at radius 1 is 0.617 bits per heavy atom. The summed E-state index contributed by atoms with van der Waals surface area (Å²) >= 11 is 0. The van der Waals surface area contributed by atoms with Gasteiger partial charge in [-0.1, -0.05) is 37.1 Å². The molecular formula is C44H56GdN5O10. The second-order valence-electron chi connectivity index (χ2n) is 13.6. The first-order valence-electron chi connectivity index (χ1n) is 19.8. The molecule has 0 saturated heterocycles. The zero-order valence-corrected chi connectivity index (χ0v) is 37.5. The number of carbonyl (C=O) groups excluding carboxylic acids is 2. The molecule has 15 nitrogen and oxygen atoms in total. The number of carbonyl (C=O) groups is 2. The van der Waals surface area contributed by atoms with Gasteiger partial charge in [-0.05, 0) is 88.5 Å². The second kappa shape index (κ2) is 26.9. The van der Waals surface area contributed by atoms with E-state index in [9.17, 15) is 20.4 Å². The molecule has 325 valence electrons. The van der Waals surface area contributed by atoms with Gasteiger partial charge in [0.2, 0.25) is 0 Å². The van der Waals surface area contributed by atoms with E-state index in [1.807, 2.05) is 13.8 Å². The molecule has 60 heavy (non-hydrogen) atoms. The summed E-state index contributed by atoms with van der Waals surface area (Å²) in [6.45, 7) is 11.0. The van der Waals surface area contributed by atoms with Gasteiger partial charge in [0.1, 0.15) is 0 Å². The Labute approximate surface area is 383 Å². The van der Waals surface area contributed by atoms with Crippen molar-refractivity contribution in [3.63, 3.8) is 0 Å². The number of benzene rings is 1. The number of aliphatic hydroxyl groups is 4. The number of aliphatic carboxylic acids is 2. The number of hydrogen-bond donors (Lipinski definition) is 4. The van der Waals surface area contributed by atoms with Crippen molar-refractivity contribution in [2.75, 3.05) is 39.6 Å². The molecule has 0 unspecified atom stereocenters. The van der Waals surface area contributed by atoms with Crippen LogP contribution < -0.4 is 24.7 Å². The predicted molar refractivity (Wildman–Crippen MR) is 222 cm³/mol. The van der Waals surface area contributed by atoms with Gasteiger partial charge >= 0.3 is 39.9 Å². The third kappa shape index (κ3) is 15.1. The first kappa shape index (κ1) is 52.0. The smallest absolute Gasteiger partial charge is 0.657 e. The summed E-state index contributed by atoms with van der Waals surface area (Å²) in [5.74, 6) is -1.27. The van der Waals surface area contributed by atoms with Crippen LogP contribution in [-0.4, -0.2) is 91.9 Å². The van der Waals surface area contributed by atoms with E-state index < -0.39 is 11.9 Å². The molecule has 4 N–H and O–H groups in total. The van der Waals surface area contributed by atoms with E-state index >= 15 is 0 Å². The Bertz CT molecular complexity index is 2030. The fraction of sp³-hybridized carbons (Fsp3) is 0.455. The summed E-state index contributed by atoms with van der Waals surface area (Å²) in [5, 5.41) is 56.0. The van der Waals surface area contributed by atoms with E-state index in [0.717, 1.165) is 71.4 Å². The maximum atomic E-state index is 9.73. The fourth-order valence-corrected chi connectivity index (χ4v) is 6.47. The molecule has 2 aliphatic heterocycles. The van der Waals surface area contributed by atoms with Crippen molar-refractivity contribution in [3.8, 4) is 11.5 Å².